The summed E-state index contributed by atoms with van der Waals surface area (Å²) in [6, 6.07) is 8.43. The minimum Gasteiger partial charge on any atom is -0.334 e. The van der Waals surface area contributed by atoms with E-state index in [4.69, 9.17) is 0 Å². The van der Waals surface area contributed by atoms with Crippen LogP contribution in [-0.4, -0.2) is 16.1 Å². The monoisotopic (exact) mass is 229 g/mol. The summed E-state index contributed by atoms with van der Waals surface area (Å²) < 4.78 is 2.05. The standard InChI is InChI=1S/C14H19N3/c1-3-8-15-11-12-6-4-5-7-13(12)14-16-9-10-17(14)2/h4-7,9-10,15H,3,8,11H2,1-2H3. The van der Waals surface area contributed by atoms with Crippen molar-refractivity contribution in [1.82, 2.24) is 14.9 Å². The molecule has 0 unspecified atom stereocenters. The van der Waals surface area contributed by atoms with Crippen molar-refractivity contribution in [3.63, 3.8) is 0 Å². The number of nitrogens with zero attached hydrogens (tertiary/aromatic N) is 2. The first kappa shape index (κ1) is 11.9. The maximum atomic E-state index is 4.41. The van der Waals surface area contributed by atoms with E-state index in [1.54, 1.807) is 0 Å². The lowest BCUT2D eigenvalue weighted by molar-refractivity contribution is 0.675. The van der Waals surface area contributed by atoms with Crippen LogP contribution in [0.2, 0.25) is 0 Å². The zero-order valence-electron chi connectivity index (χ0n) is 10.5. The van der Waals surface area contributed by atoms with Crippen LogP contribution in [-0.2, 0) is 13.6 Å². The number of nitrogens with one attached hydrogen (secondary N) is 1. The van der Waals surface area contributed by atoms with E-state index in [0.29, 0.717) is 0 Å². The topological polar surface area (TPSA) is 29.9 Å². The molecule has 0 bridgehead atoms. The van der Waals surface area contributed by atoms with Gasteiger partial charge in [-0.1, -0.05) is 31.2 Å². The molecule has 2 rings (SSSR count). The molecular formula is C14H19N3. The first-order valence-corrected chi connectivity index (χ1v) is 6.09. The van der Waals surface area contributed by atoms with Crippen LogP contribution >= 0.6 is 0 Å². The molecule has 1 N–H and O–H groups in total. The van der Waals surface area contributed by atoms with Gasteiger partial charge in [0.15, 0.2) is 0 Å². The Morgan fingerprint density at radius 2 is 2.12 bits per heavy atom. The summed E-state index contributed by atoms with van der Waals surface area (Å²) >= 11 is 0. The van der Waals surface area contributed by atoms with Gasteiger partial charge in [0.1, 0.15) is 5.82 Å². The normalized spacial score (nSPS) is 10.7. The Balaban J connectivity index is 2.25. The highest BCUT2D eigenvalue weighted by Crippen LogP contribution is 2.21. The summed E-state index contributed by atoms with van der Waals surface area (Å²) in [5.74, 6) is 1.03. The number of hydrogen-bond acceptors (Lipinski definition) is 2. The quantitative estimate of drug-likeness (QED) is 0.799. The zero-order chi connectivity index (χ0) is 12.1. The summed E-state index contributed by atoms with van der Waals surface area (Å²) in [6.07, 6.45) is 4.97. The van der Waals surface area contributed by atoms with Gasteiger partial charge in [0.25, 0.3) is 0 Å². The van der Waals surface area contributed by atoms with E-state index in [2.05, 4.69) is 46.1 Å². The molecule has 0 atom stereocenters. The molecule has 3 nitrogen and oxygen atoms in total. The Kier molecular flexibility index (Phi) is 3.94. The van der Waals surface area contributed by atoms with Crippen LogP contribution in [0.15, 0.2) is 36.7 Å². The Bertz CT molecular complexity index is 474. The third-order valence-electron chi connectivity index (χ3n) is 2.82. The van der Waals surface area contributed by atoms with Crippen molar-refractivity contribution in [2.45, 2.75) is 19.9 Å². The molecule has 0 aliphatic carbocycles. The maximum Gasteiger partial charge on any atom is 0.139 e. The number of benzene rings is 1. The van der Waals surface area contributed by atoms with Gasteiger partial charge in [-0.2, -0.15) is 0 Å². The third kappa shape index (κ3) is 2.74. The number of imidazole rings is 1. The van der Waals surface area contributed by atoms with Crippen molar-refractivity contribution < 1.29 is 0 Å². The molecule has 0 spiro atoms. The molecule has 0 saturated carbocycles. The van der Waals surface area contributed by atoms with Crippen molar-refractivity contribution in [2.24, 2.45) is 7.05 Å². The molecule has 0 radical (unpaired) electrons. The van der Waals surface area contributed by atoms with Crippen LogP contribution in [0.25, 0.3) is 11.4 Å². The Hall–Kier alpha value is -1.61. The van der Waals surface area contributed by atoms with Crippen molar-refractivity contribution in [3.05, 3.63) is 42.2 Å². The molecule has 1 aromatic carbocycles. The predicted octanol–water partition coefficient (Wildman–Crippen LogP) is 2.59. The van der Waals surface area contributed by atoms with Crippen LogP contribution in [0.4, 0.5) is 0 Å². The van der Waals surface area contributed by atoms with Gasteiger partial charge in [0.05, 0.1) is 0 Å². The summed E-state index contributed by atoms with van der Waals surface area (Å²) in [5.41, 5.74) is 2.51. The van der Waals surface area contributed by atoms with Crippen molar-refractivity contribution in [2.75, 3.05) is 6.54 Å². The van der Waals surface area contributed by atoms with Crippen molar-refractivity contribution >= 4 is 0 Å². The molecule has 90 valence electrons. The van der Waals surface area contributed by atoms with Crippen LogP contribution in [0.1, 0.15) is 18.9 Å². The van der Waals surface area contributed by atoms with Gasteiger partial charge >= 0.3 is 0 Å². The Morgan fingerprint density at radius 1 is 1.29 bits per heavy atom. The largest absolute Gasteiger partial charge is 0.334 e. The third-order valence-corrected chi connectivity index (χ3v) is 2.82. The average Bonchev–Trinajstić information content (AvgIpc) is 2.76. The predicted molar refractivity (Wildman–Crippen MR) is 70.6 cm³/mol. The minimum atomic E-state index is 0.900. The van der Waals surface area contributed by atoms with Crippen LogP contribution in [0, 0.1) is 0 Å². The van der Waals surface area contributed by atoms with E-state index in [0.717, 1.165) is 25.3 Å². The second kappa shape index (κ2) is 5.64. The van der Waals surface area contributed by atoms with E-state index in [1.165, 1.54) is 11.1 Å². The lowest BCUT2D eigenvalue weighted by Crippen LogP contribution is -2.14. The summed E-state index contributed by atoms with van der Waals surface area (Å²) in [6.45, 7) is 4.13. The van der Waals surface area contributed by atoms with E-state index in [-0.39, 0.29) is 0 Å². The maximum absolute atomic E-state index is 4.41. The van der Waals surface area contributed by atoms with E-state index in [1.807, 2.05) is 19.4 Å². The fourth-order valence-electron chi connectivity index (χ4n) is 1.92. The van der Waals surface area contributed by atoms with Gasteiger partial charge in [-0.25, -0.2) is 4.98 Å². The fourth-order valence-corrected chi connectivity index (χ4v) is 1.92. The second-order valence-corrected chi connectivity index (χ2v) is 4.20. The van der Waals surface area contributed by atoms with Gasteiger partial charge in [0.2, 0.25) is 0 Å². The lowest BCUT2D eigenvalue weighted by Gasteiger charge is -2.10. The summed E-state index contributed by atoms with van der Waals surface area (Å²) in [7, 11) is 2.03. The fraction of sp³-hybridized carbons (Fsp3) is 0.357. The molecule has 2 aromatic rings. The van der Waals surface area contributed by atoms with Gasteiger partial charge in [-0.05, 0) is 18.5 Å². The highest BCUT2D eigenvalue weighted by atomic mass is 15.0. The number of aromatic nitrogens is 2. The van der Waals surface area contributed by atoms with E-state index in [9.17, 15) is 0 Å². The lowest BCUT2D eigenvalue weighted by atomic mass is 10.1. The molecule has 1 heterocycles. The molecular weight excluding hydrogens is 210 g/mol. The molecule has 17 heavy (non-hydrogen) atoms. The molecule has 0 saturated heterocycles. The summed E-state index contributed by atoms with van der Waals surface area (Å²) in [4.78, 5) is 4.41. The first-order valence-electron chi connectivity index (χ1n) is 6.09. The van der Waals surface area contributed by atoms with Gasteiger partial charge in [-0.15, -0.1) is 0 Å². The highest BCUT2D eigenvalue weighted by Gasteiger charge is 2.07. The number of aryl methyl sites for hydroxylation is 1. The highest BCUT2D eigenvalue weighted by molar-refractivity contribution is 5.60. The number of hydrogen-bond donors (Lipinski definition) is 1. The van der Waals surface area contributed by atoms with E-state index < -0.39 is 0 Å². The molecule has 0 aliphatic heterocycles. The Morgan fingerprint density at radius 3 is 2.82 bits per heavy atom. The Labute approximate surface area is 103 Å². The first-order chi connectivity index (χ1) is 8.33. The van der Waals surface area contributed by atoms with Crippen molar-refractivity contribution in [3.8, 4) is 11.4 Å². The minimum absolute atomic E-state index is 0.900. The average molecular weight is 229 g/mol. The second-order valence-electron chi connectivity index (χ2n) is 4.20. The van der Waals surface area contributed by atoms with Crippen LogP contribution in [0.3, 0.4) is 0 Å². The molecule has 0 fully saturated rings. The summed E-state index contributed by atoms with van der Waals surface area (Å²) in [5, 5.41) is 3.44. The number of rotatable bonds is 5. The SMILES string of the molecule is CCCNCc1ccccc1-c1nccn1C. The van der Waals surface area contributed by atoms with E-state index >= 15 is 0 Å². The van der Waals surface area contributed by atoms with Gasteiger partial charge in [-0.3, -0.25) is 0 Å². The van der Waals surface area contributed by atoms with Gasteiger partial charge < -0.3 is 9.88 Å². The van der Waals surface area contributed by atoms with Gasteiger partial charge in [0, 0.05) is 31.5 Å². The molecule has 0 aliphatic rings. The molecule has 1 aromatic heterocycles. The molecule has 0 amide bonds. The van der Waals surface area contributed by atoms with Crippen LogP contribution < -0.4 is 5.32 Å². The molecule has 3 heteroatoms. The van der Waals surface area contributed by atoms with Crippen LogP contribution in [0.5, 0.6) is 0 Å². The smallest absolute Gasteiger partial charge is 0.139 e. The zero-order valence-corrected chi connectivity index (χ0v) is 10.5. The van der Waals surface area contributed by atoms with Crippen molar-refractivity contribution in [1.29, 1.82) is 0 Å².